The summed E-state index contributed by atoms with van der Waals surface area (Å²) >= 11 is 1.85. The van der Waals surface area contributed by atoms with E-state index in [4.69, 9.17) is 4.74 Å². The van der Waals surface area contributed by atoms with Crippen molar-refractivity contribution in [3.63, 3.8) is 0 Å². The van der Waals surface area contributed by atoms with Gasteiger partial charge in [-0.25, -0.2) is 0 Å². The van der Waals surface area contributed by atoms with Crippen molar-refractivity contribution < 1.29 is 4.74 Å². The van der Waals surface area contributed by atoms with Crippen LogP contribution < -0.4 is 9.64 Å². The average Bonchev–Trinajstić information content (AvgIpc) is 3.22. The second kappa shape index (κ2) is 12.5. The van der Waals surface area contributed by atoms with Crippen molar-refractivity contribution in [3.8, 4) is 33.8 Å². The minimum absolute atomic E-state index is 0.571. The van der Waals surface area contributed by atoms with E-state index in [2.05, 4.69) is 205 Å². The van der Waals surface area contributed by atoms with Crippen LogP contribution in [-0.4, -0.2) is 0 Å². The summed E-state index contributed by atoms with van der Waals surface area (Å²) < 4.78 is 7.13. The van der Waals surface area contributed by atoms with E-state index in [1.54, 1.807) is 0 Å². The van der Waals surface area contributed by atoms with Gasteiger partial charge in [-0.2, -0.15) is 0 Å². The third kappa shape index (κ3) is 4.81. The van der Waals surface area contributed by atoms with E-state index in [-0.39, 0.29) is 0 Å². The topological polar surface area (TPSA) is 12.5 Å². The fourth-order valence-electron chi connectivity index (χ4n) is 8.09. The molecule has 52 heavy (non-hydrogen) atoms. The predicted octanol–water partition coefficient (Wildman–Crippen LogP) is 13.4. The molecule has 0 fully saturated rings. The summed E-state index contributed by atoms with van der Waals surface area (Å²) in [6.07, 6.45) is 0. The second-order valence-corrected chi connectivity index (χ2v) is 14.3. The molecule has 0 unspecified atom stereocenters. The first-order chi connectivity index (χ1) is 25.8. The van der Waals surface area contributed by atoms with E-state index < -0.39 is 5.41 Å². The smallest absolute Gasteiger partial charge is 0.156 e. The van der Waals surface area contributed by atoms with Crippen LogP contribution in [0.15, 0.2) is 210 Å². The van der Waals surface area contributed by atoms with Gasteiger partial charge < -0.3 is 9.64 Å². The van der Waals surface area contributed by atoms with Gasteiger partial charge in [0.25, 0.3) is 0 Å². The van der Waals surface area contributed by atoms with E-state index in [1.165, 1.54) is 43.2 Å². The first-order valence-corrected chi connectivity index (χ1v) is 18.5. The van der Waals surface area contributed by atoms with Gasteiger partial charge in [0.2, 0.25) is 0 Å². The number of hydrogen-bond donors (Lipinski definition) is 0. The molecule has 2 nitrogen and oxygen atoms in total. The maximum atomic E-state index is 7.13. The van der Waals surface area contributed by atoms with Crippen molar-refractivity contribution in [2.45, 2.75) is 15.2 Å². The fourth-order valence-corrected chi connectivity index (χ4v) is 9.29. The molecule has 0 atom stereocenters. The number of para-hydroxylation sites is 2. The molecule has 0 aliphatic carbocycles. The average molecular weight is 684 g/mol. The van der Waals surface area contributed by atoms with Crippen molar-refractivity contribution in [1.82, 2.24) is 0 Å². The summed E-state index contributed by atoms with van der Waals surface area (Å²) in [7, 11) is 0. The molecule has 1 spiro atoms. The molecule has 10 rings (SSSR count). The summed E-state index contributed by atoms with van der Waals surface area (Å²) in [5, 5.41) is 0. The van der Waals surface area contributed by atoms with Gasteiger partial charge in [0, 0.05) is 32.3 Å². The normalized spacial score (nSPS) is 13.2. The number of hydrogen-bond acceptors (Lipinski definition) is 3. The molecule has 2 aliphatic rings. The Morgan fingerprint density at radius 1 is 0.365 bits per heavy atom. The lowest BCUT2D eigenvalue weighted by Gasteiger charge is -2.46. The highest BCUT2D eigenvalue weighted by atomic mass is 32.2. The van der Waals surface area contributed by atoms with Gasteiger partial charge in [0.15, 0.2) is 5.75 Å². The van der Waals surface area contributed by atoms with Crippen molar-refractivity contribution in [2.75, 3.05) is 4.90 Å². The molecule has 3 heteroatoms. The Balaban J connectivity index is 1.22. The van der Waals surface area contributed by atoms with Crippen molar-refractivity contribution in [1.29, 1.82) is 0 Å². The number of ether oxygens (including phenoxy) is 1. The van der Waals surface area contributed by atoms with E-state index in [1.807, 2.05) is 11.8 Å². The van der Waals surface area contributed by atoms with Crippen LogP contribution in [0.25, 0.3) is 22.3 Å². The van der Waals surface area contributed by atoms with E-state index in [0.717, 1.165) is 39.7 Å². The first kappa shape index (κ1) is 30.5. The van der Waals surface area contributed by atoms with Gasteiger partial charge in [-0.1, -0.05) is 163 Å². The van der Waals surface area contributed by atoms with E-state index in [0.29, 0.717) is 0 Å². The third-order valence-electron chi connectivity index (χ3n) is 10.4. The summed E-state index contributed by atoms with van der Waals surface area (Å²) in [5.74, 6) is 1.73. The molecule has 0 aromatic heterocycles. The molecule has 0 bridgehead atoms. The second-order valence-electron chi connectivity index (χ2n) is 13.3. The summed E-state index contributed by atoms with van der Waals surface area (Å²) in [5.41, 5.74) is 12.1. The zero-order valence-corrected chi connectivity index (χ0v) is 29.1. The number of benzene rings is 8. The van der Waals surface area contributed by atoms with E-state index >= 15 is 0 Å². The highest BCUT2D eigenvalue weighted by molar-refractivity contribution is 7.99. The molecule has 0 saturated carbocycles. The predicted molar refractivity (Wildman–Crippen MR) is 215 cm³/mol. The summed E-state index contributed by atoms with van der Waals surface area (Å²) in [4.78, 5) is 4.87. The van der Waals surface area contributed by atoms with Crippen LogP contribution in [0.4, 0.5) is 17.1 Å². The van der Waals surface area contributed by atoms with Crippen LogP contribution in [0, 0.1) is 0 Å². The Kier molecular flexibility index (Phi) is 7.33. The van der Waals surface area contributed by atoms with Crippen molar-refractivity contribution >= 4 is 28.8 Å². The van der Waals surface area contributed by atoms with Crippen LogP contribution in [0.3, 0.4) is 0 Å². The molecule has 246 valence electrons. The van der Waals surface area contributed by atoms with Gasteiger partial charge in [0.05, 0.1) is 11.1 Å². The van der Waals surface area contributed by atoms with Crippen LogP contribution >= 0.6 is 11.8 Å². The Labute approximate surface area is 308 Å². The maximum Gasteiger partial charge on any atom is 0.156 e. The maximum absolute atomic E-state index is 7.13. The monoisotopic (exact) mass is 683 g/mol. The fraction of sp³-hybridized carbons (Fsp3) is 0.0204. The zero-order chi connectivity index (χ0) is 34.5. The number of fused-ring (bicyclic) bond motifs is 8. The minimum Gasteiger partial charge on any atom is -0.454 e. The lowest BCUT2D eigenvalue weighted by molar-refractivity contribution is 0.432. The van der Waals surface area contributed by atoms with Crippen LogP contribution in [0.5, 0.6) is 11.5 Å². The molecule has 0 saturated heterocycles. The van der Waals surface area contributed by atoms with Crippen LogP contribution in [-0.2, 0) is 5.41 Å². The lowest BCUT2D eigenvalue weighted by atomic mass is 9.63. The highest BCUT2D eigenvalue weighted by Crippen LogP contribution is 2.63. The Bertz CT molecular complexity index is 2420. The highest BCUT2D eigenvalue weighted by Gasteiger charge is 2.50. The Hall–Kier alpha value is -6.29. The van der Waals surface area contributed by atoms with Gasteiger partial charge >= 0.3 is 0 Å². The molecule has 8 aromatic rings. The molecular weight excluding hydrogens is 651 g/mol. The molecule has 0 radical (unpaired) electrons. The van der Waals surface area contributed by atoms with Crippen LogP contribution in [0.1, 0.15) is 22.3 Å². The molecular formula is C49H33NOS. The van der Waals surface area contributed by atoms with Gasteiger partial charge in [-0.05, 0) is 81.9 Å². The summed E-state index contributed by atoms with van der Waals surface area (Å²) in [6.45, 7) is 0. The van der Waals surface area contributed by atoms with E-state index in [9.17, 15) is 0 Å². The third-order valence-corrected chi connectivity index (χ3v) is 11.6. The van der Waals surface area contributed by atoms with Gasteiger partial charge in [-0.3, -0.25) is 0 Å². The van der Waals surface area contributed by atoms with Crippen LogP contribution in [0.2, 0.25) is 0 Å². The quantitative estimate of drug-likeness (QED) is 0.179. The Morgan fingerprint density at radius 3 is 1.37 bits per heavy atom. The first-order valence-electron chi connectivity index (χ1n) is 17.7. The number of nitrogens with zero attached hydrogens (tertiary/aromatic N) is 1. The largest absolute Gasteiger partial charge is 0.454 e. The van der Waals surface area contributed by atoms with Crippen molar-refractivity contribution in [3.05, 3.63) is 222 Å². The lowest BCUT2D eigenvalue weighted by Crippen LogP contribution is -2.37. The Morgan fingerprint density at radius 2 is 0.808 bits per heavy atom. The molecule has 0 N–H and O–H groups in total. The summed E-state index contributed by atoms with van der Waals surface area (Å²) in [6, 6.07) is 71.9. The zero-order valence-electron chi connectivity index (χ0n) is 28.3. The molecule has 2 heterocycles. The van der Waals surface area contributed by atoms with Gasteiger partial charge in [-0.15, -0.1) is 0 Å². The standard InChI is InChI=1S/C49H33NOS/c1-3-14-34(15-4-1)36-26-30-38(31-27-36)50(39-32-28-37(29-33-39)35-16-5-2-6-17-35)44-22-13-21-43-48(44)51-45-23-10-7-18-40(45)49(43)41-19-8-11-24-46(41)52-47-25-12-9-20-42(47)49/h1-33H. The van der Waals surface area contributed by atoms with Gasteiger partial charge in [0.1, 0.15) is 5.75 Å². The molecule has 2 aliphatic heterocycles. The number of rotatable bonds is 5. The molecule has 8 aromatic carbocycles. The molecule has 0 amide bonds. The van der Waals surface area contributed by atoms with Crippen molar-refractivity contribution in [2.24, 2.45) is 0 Å². The SMILES string of the molecule is c1ccc(-c2ccc(N(c3ccc(-c4ccccc4)cc3)c3cccc4c3Oc3ccccc3C43c4ccccc4Sc4ccccc43)cc2)cc1. The number of anilines is 3. The minimum atomic E-state index is -0.571.